The highest BCUT2D eigenvalue weighted by Crippen LogP contribution is 2.54. The minimum Gasteiger partial charge on any atom is -0.497 e. The minimum atomic E-state index is -1.55. The number of anilines is 1. The molecule has 0 aromatic heterocycles. The number of fused-ring (bicyclic) bond motifs is 5. The van der Waals surface area contributed by atoms with Gasteiger partial charge in [-0.3, -0.25) is 19.2 Å². The molecule has 4 rings (SSSR count). The van der Waals surface area contributed by atoms with E-state index in [4.69, 9.17) is 18.9 Å². The molecule has 2 saturated heterocycles. The molecular weight excluding hydrogens is 382 g/mol. The molecular formula is C20H19NO8. The number of carbonyl (C=O) groups is 4. The maximum Gasteiger partial charge on any atom is 0.305 e. The van der Waals surface area contributed by atoms with Crippen molar-refractivity contribution in [3.8, 4) is 5.75 Å². The Morgan fingerprint density at radius 1 is 1.07 bits per heavy atom. The van der Waals surface area contributed by atoms with Crippen LogP contribution in [0.2, 0.25) is 0 Å². The molecule has 3 aliphatic heterocycles. The number of hydrogen-bond acceptors (Lipinski definition) is 8. The van der Waals surface area contributed by atoms with Crippen LogP contribution in [-0.2, 0) is 33.4 Å². The monoisotopic (exact) mass is 401 g/mol. The second-order valence-electron chi connectivity index (χ2n) is 7.06. The molecule has 9 nitrogen and oxygen atoms in total. The maximum atomic E-state index is 13.3. The van der Waals surface area contributed by atoms with Crippen LogP contribution in [0.5, 0.6) is 5.75 Å². The van der Waals surface area contributed by atoms with Gasteiger partial charge in [0.05, 0.1) is 30.7 Å². The number of carbonyl (C=O) groups excluding carboxylic acids is 4. The first-order valence-electron chi connectivity index (χ1n) is 9.02. The van der Waals surface area contributed by atoms with E-state index in [1.807, 2.05) is 0 Å². The van der Waals surface area contributed by atoms with Gasteiger partial charge in [-0.25, -0.2) is 4.90 Å². The molecule has 3 heterocycles. The zero-order valence-electron chi connectivity index (χ0n) is 16.0. The highest BCUT2D eigenvalue weighted by atomic mass is 16.7. The third-order valence-electron chi connectivity index (χ3n) is 5.32. The molecule has 4 atom stereocenters. The average Bonchev–Trinajstić information content (AvgIpc) is 3.32. The van der Waals surface area contributed by atoms with Crippen LogP contribution >= 0.6 is 0 Å². The van der Waals surface area contributed by atoms with Gasteiger partial charge < -0.3 is 18.9 Å². The van der Waals surface area contributed by atoms with Crippen LogP contribution in [0.1, 0.15) is 13.8 Å². The Morgan fingerprint density at radius 2 is 1.69 bits per heavy atom. The molecule has 1 aromatic carbocycles. The highest BCUT2D eigenvalue weighted by Gasteiger charge is 2.72. The van der Waals surface area contributed by atoms with E-state index in [0.29, 0.717) is 11.4 Å². The third kappa shape index (κ3) is 2.80. The summed E-state index contributed by atoms with van der Waals surface area (Å²) >= 11 is 0. The van der Waals surface area contributed by atoms with Gasteiger partial charge in [-0.2, -0.15) is 0 Å². The smallest absolute Gasteiger partial charge is 0.305 e. The fourth-order valence-electron chi connectivity index (χ4n) is 4.20. The average molecular weight is 401 g/mol. The molecule has 2 bridgehead atoms. The topological polar surface area (TPSA) is 108 Å². The second kappa shape index (κ2) is 6.70. The van der Waals surface area contributed by atoms with Gasteiger partial charge in [0, 0.05) is 13.8 Å². The summed E-state index contributed by atoms with van der Waals surface area (Å²) < 4.78 is 21.4. The first-order chi connectivity index (χ1) is 13.8. The first kappa shape index (κ1) is 19.1. The zero-order valence-corrected chi connectivity index (χ0v) is 16.0. The number of benzene rings is 1. The normalized spacial score (nSPS) is 29.4. The Balaban J connectivity index is 1.72. The van der Waals surface area contributed by atoms with Crippen molar-refractivity contribution in [1.29, 1.82) is 0 Å². The molecule has 1 aromatic rings. The molecule has 0 unspecified atom stereocenters. The maximum absolute atomic E-state index is 13.3. The lowest BCUT2D eigenvalue weighted by molar-refractivity contribution is -0.226. The van der Waals surface area contributed by atoms with Crippen molar-refractivity contribution in [3.05, 3.63) is 36.4 Å². The number of hydrogen-bond donors (Lipinski definition) is 0. The number of methoxy groups -OCH3 is 1. The lowest BCUT2D eigenvalue weighted by Gasteiger charge is -2.34. The molecule has 29 heavy (non-hydrogen) atoms. The van der Waals surface area contributed by atoms with E-state index in [2.05, 4.69) is 0 Å². The van der Waals surface area contributed by atoms with Crippen LogP contribution in [-0.4, -0.2) is 48.9 Å². The molecule has 2 amide bonds. The third-order valence-corrected chi connectivity index (χ3v) is 5.32. The molecule has 2 fully saturated rings. The lowest BCUT2D eigenvalue weighted by atomic mass is 9.76. The summed E-state index contributed by atoms with van der Waals surface area (Å²) in [5.41, 5.74) is -1.16. The largest absolute Gasteiger partial charge is 0.497 e. The molecule has 0 saturated carbocycles. The summed E-state index contributed by atoms with van der Waals surface area (Å²) in [6, 6.07) is 6.50. The Hall–Kier alpha value is -3.20. The van der Waals surface area contributed by atoms with E-state index in [0.717, 1.165) is 18.7 Å². The number of amides is 2. The van der Waals surface area contributed by atoms with Crippen molar-refractivity contribution in [2.24, 2.45) is 11.8 Å². The molecule has 9 heteroatoms. The van der Waals surface area contributed by atoms with Gasteiger partial charge in [-0.05, 0) is 30.3 Å². The highest BCUT2D eigenvalue weighted by molar-refractivity contribution is 6.23. The summed E-state index contributed by atoms with van der Waals surface area (Å²) in [7, 11) is 1.51. The van der Waals surface area contributed by atoms with Gasteiger partial charge in [-0.15, -0.1) is 0 Å². The molecule has 0 aliphatic carbocycles. The number of ether oxygens (including phenoxy) is 4. The van der Waals surface area contributed by atoms with Crippen molar-refractivity contribution in [2.45, 2.75) is 31.8 Å². The first-order valence-corrected chi connectivity index (χ1v) is 9.02. The molecule has 152 valence electrons. The van der Waals surface area contributed by atoms with Gasteiger partial charge in [0.25, 0.3) is 6.29 Å². The Morgan fingerprint density at radius 3 is 2.24 bits per heavy atom. The van der Waals surface area contributed by atoms with Gasteiger partial charge in [-0.1, -0.05) is 6.08 Å². The zero-order chi connectivity index (χ0) is 20.9. The summed E-state index contributed by atoms with van der Waals surface area (Å²) in [6.07, 6.45) is 0.997. The van der Waals surface area contributed by atoms with E-state index >= 15 is 0 Å². The van der Waals surface area contributed by atoms with Crippen LogP contribution in [0, 0.1) is 11.8 Å². The van der Waals surface area contributed by atoms with E-state index in [9.17, 15) is 19.2 Å². The van der Waals surface area contributed by atoms with Crippen molar-refractivity contribution in [1.82, 2.24) is 0 Å². The Kier molecular flexibility index (Phi) is 4.42. The van der Waals surface area contributed by atoms with E-state index in [-0.39, 0.29) is 0 Å². The predicted molar refractivity (Wildman–Crippen MR) is 96.5 cm³/mol. The molecule has 3 aliphatic rings. The molecule has 0 spiro atoms. The molecule has 0 N–H and O–H groups in total. The van der Waals surface area contributed by atoms with Crippen molar-refractivity contribution >= 4 is 29.4 Å². The van der Waals surface area contributed by atoms with Crippen LogP contribution in [0.3, 0.4) is 0 Å². The minimum absolute atomic E-state index is 0.390. The van der Waals surface area contributed by atoms with Crippen molar-refractivity contribution in [3.63, 3.8) is 0 Å². The number of nitrogens with zero attached hydrogens (tertiary/aromatic N) is 1. The van der Waals surface area contributed by atoms with E-state index in [1.165, 1.54) is 13.2 Å². The second-order valence-corrected chi connectivity index (χ2v) is 7.06. The van der Waals surface area contributed by atoms with Crippen LogP contribution < -0.4 is 9.64 Å². The Bertz CT molecular complexity index is 907. The van der Waals surface area contributed by atoms with Gasteiger partial charge in [0.1, 0.15) is 5.75 Å². The fourth-order valence-corrected chi connectivity index (χ4v) is 4.20. The summed E-state index contributed by atoms with van der Waals surface area (Å²) in [4.78, 5) is 50.6. The SMILES string of the molecule is COc1ccc(N2C(=O)[C@@H]3[C@@H]4C=C[C@@](C(OC(C)=O)OC(C)=O)(O4)[C@@H]3C2=O)cc1. The number of esters is 2. The predicted octanol–water partition coefficient (Wildman–Crippen LogP) is 0.960. The van der Waals surface area contributed by atoms with Gasteiger partial charge in [0.15, 0.2) is 5.60 Å². The number of rotatable bonds is 5. The standard InChI is InChI=1S/C20H19NO8/c1-10(22)27-19(28-11(2)23)20-9-8-14(29-20)15-16(20)18(25)21(17(15)24)12-4-6-13(26-3)7-5-12/h4-9,14-16,19H,1-3H3/t14-,15+,16-,20+/m0/s1. The van der Waals surface area contributed by atoms with E-state index < -0.39 is 53.6 Å². The van der Waals surface area contributed by atoms with Crippen LogP contribution in [0.15, 0.2) is 36.4 Å². The van der Waals surface area contributed by atoms with Crippen LogP contribution in [0.25, 0.3) is 0 Å². The van der Waals surface area contributed by atoms with Crippen molar-refractivity contribution in [2.75, 3.05) is 12.0 Å². The summed E-state index contributed by atoms with van der Waals surface area (Å²) in [6.45, 7) is 2.31. The van der Waals surface area contributed by atoms with Crippen molar-refractivity contribution < 1.29 is 38.1 Å². The van der Waals surface area contributed by atoms with Crippen LogP contribution in [0.4, 0.5) is 5.69 Å². The lowest BCUT2D eigenvalue weighted by Crippen LogP contribution is -2.52. The number of imide groups is 1. The quantitative estimate of drug-likeness (QED) is 0.311. The van der Waals surface area contributed by atoms with E-state index in [1.54, 1.807) is 30.3 Å². The summed E-state index contributed by atoms with van der Waals surface area (Å²) in [5, 5.41) is 0. The molecule has 0 radical (unpaired) electrons. The fraction of sp³-hybridized carbons (Fsp3) is 0.400. The van der Waals surface area contributed by atoms with Gasteiger partial charge in [0.2, 0.25) is 11.8 Å². The Labute approximate surface area is 166 Å². The summed E-state index contributed by atoms with van der Waals surface area (Å²) in [5.74, 6) is -3.57. The van der Waals surface area contributed by atoms with Gasteiger partial charge >= 0.3 is 11.9 Å².